The van der Waals surface area contributed by atoms with Crippen molar-refractivity contribution < 1.29 is 5.11 Å². The predicted octanol–water partition coefficient (Wildman–Crippen LogP) is 3.56. The highest BCUT2D eigenvalue weighted by atomic mass is 35.5. The Balaban J connectivity index is 1.98. The highest BCUT2D eigenvalue weighted by Crippen LogP contribution is 2.34. The number of aliphatic hydroxyl groups excluding tert-OH is 1. The van der Waals surface area contributed by atoms with Gasteiger partial charge < -0.3 is 5.11 Å². The average molecular weight is 211 g/mol. The SMILES string of the molecule is OC(CC1CCC1)c1cccc(Cl)c1. The van der Waals surface area contributed by atoms with Crippen LogP contribution in [0.15, 0.2) is 24.3 Å². The lowest BCUT2D eigenvalue weighted by Crippen LogP contribution is -2.14. The Kier molecular flexibility index (Phi) is 3.09. The van der Waals surface area contributed by atoms with Crippen molar-refractivity contribution in [2.45, 2.75) is 31.8 Å². The van der Waals surface area contributed by atoms with Crippen LogP contribution in [0.4, 0.5) is 0 Å². The van der Waals surface area contributed by atoms with Crippen LogP contribution in [0, 0.1) is 5.92 Å². The van der Waals surface area contributed by atoms with Crippen molar-refractivity contribution in [1.82, 2.24) is 0 Å². The molecule has 76 valence electrons. The third kappa shape index (κ3) is 2.28. The lowest BCUT2D eigenvalue weighted by Gasteiger charge is -2.27. The number of aliphatic hydroxyl groups is 1. The van der Waals surface area contributed by atoms with Crippen LogP contribution in [0.25, 0.3) is 0 Å². The fraction of sp³-hybridized carbons (Fsp3) is 0.500. The normalized spacial score (nSPS) is 19.0. The van der Waals surface area contributed by atoms with Crippen LogP contribution < -0.4 is 0 Å². The largest absolute Gasteiger partial charge is 0.388 e. The fourth-order valence-corrected chi connectivity index (χ4v) is 2.09. The van der Waals surface area contributed by atoms with E-state index in [9.17, 15) is 5.11 Å². The first kappa shape index (κ1) is 10.0. The topological polar surface area (TPSA) is 20.2 Å². The highest BCUT2D eigenvalue weighted by Gasteiger charge is 2.21. The van der Waals surface area contributed by atoms with E-state index in [1.807, 2.05) is 24.3 Å². The van der Waals surface area contributed by atoms with E-state index in [0.717, 1.165) is 17.9 Å². The van der Waals surface area contributed by atoms with Crippen LogP contribution >= 0.6 is 11.6 Å². The maximum absolute atomic E-state index is 9.92. The molecule has 0 aromatic heterocycles. The van der Waals surface area contributed by atoms with Crippen molar-refractivity contribution in [3.8, 4) is 0 Å². The fourth-order valence-electron chi connectivity index (χ4n) is 1.89. The Morgan fingerprint density at radius 1 is 1.43 bits per heavy atom. The first-order chi connectivity index (χ1) is 6.75. The van der Waals surface area contributed by atoms with Gasteiger partial charge in [-0.15, -0.1) is 0 Å². The summed E-state index contributed by atoms with van der Waals surface area (Å²) in [6.07, 6.45) is 4.43. The molecule has 0 bridgehead atoms. The molecular weight excluding hydrogens is 196 g/mol. The first-order valence-electron chi connectivity index (χ1n) is 5.19. The molecule has 1 unspecified atom stereocenters. The quantitative estimate of drug-likeness (QED) is 0.809. The van der Waals surface area contributed by atoms with Gasteiger partial charge in [0.2, 0.25) is 0 Å². The smallest absolute Gasteiger partial charge is 0.0793 e. The Morgan fingerprint density at radius 3 is 2.79 bits per heavy atom. The number of hydrogen-bond acceptors (Lipinski definition) is 1. The predicted molar refractivity (Wildman–Crippen MR) is 58.4 cm³/mol. The van der Waals surface area contributed by atoms with Crippen molar-refractivity contribution in [2.24, 2.45) is 5.92 Å². The molecule has 2 heteroatoms. The zero-order valence-electron chi connectivity index (χ0n) is 8.12. The number of halogens is 1. The van der Waals surface area contributed by atoms with Gasteiger partial charge in [-0.2, -0.15) is 0 Å². The Bertz CT molecular complexity index is 307. The second kappa shape index (κ2) is 4.33. The average Bonchev–Trinajstić information content (AvgIpc) is 2.11. The minimum atomic E-state index is -0.334. The molecule has 1 aliphatic carbocycles. The maximum Gasteiger partial charge on any atom is 0.0793 e. The molecule has 1 aromatic rings. The van der Waals surface area contributed by atoms with E-state index >= 15 is 0 Å². The van der Waals surface area contributed by atoms with Gasteiger partial charge >= 0.3 is 0 Å². The summed E-state index contributed by atoms with van der Waals surface area (Å²) in [4.78, 5) is 0. The second-order valence-electron chi connectivity index (χ2n) is 4.10. The van der Waals surface area contributed by atoms with E-state index < -0.39 is 0 Å². The van der Waals surface area contributed by atoms with Crippen LogP contribution in [0.2, 0.25) is 5.02 Å². The molecule has 1 aliphatic rings. The van der Waals surface area contributed by atoms with Crippen LogP contribution in [0.5, 0.6) is 0 Å². The van der Waals surface area contributed by atoms with Crippen LogP contribution in [0.3, 0.4) is 0 Å². The van der Waals surface area contributed by atoms with Crippen molar-refractivity contribution >= 4 is 11.6 Å². The van der Waals surface area contributed by atoms with Gasteiger partial charge in [-0.25, -0.2) is 0 Å². The summed E-state index contributed by atoms with van der Waals surface area (Å²) in [6.45, 7) is 0. The Morgan fingerprint density at radius 2 is 2.21 bits per heavy atom. The van der Waals surface area contributed by atoms with Crippen LogP contribution in [0.1, 0.15) is 37.4 Å². The molecule has 0 spiro atoms. The monoisotopic (exact) mass is 210 g/mol. The summed E-state index contributed by atoms with van der Waals surface area (Å²) < 4.78 is 0. The highest BCUT2D eigenvalue weighted by molar-refractivity contribution is 6.30. The van der Waals surface area contributed by atoms with Gasteiger partial charge in [-0.3, -0.25) is 0 Å². The summed E-state index contributed by atoms with van der Waals surface area (Å²) in [6, 6.07) is 7.52. The summed E-state index contributed by atoms with van der Waals surface area (Å²) in [5, 5.41) is 10.6. The van der Waals surface area contributed by atoms with Crippen LogP contribution in [-0.4, -0.2) is 5.11 Å². The first-order valence-corrected chi connectivity index (χ1v) is 5.57. The van der Waals surface area contributed by atoms with Gasteiger partial charge in [-0.05, 0) is 30.0 Å². The van der Waals surface area contributed by atoms with E-state index in [1.54, 1.807) is 0 Å². The molecule has 1 fully saturated rings. The third-order valence-electron chi connectivity index (χ3n) is 3.01. The molecule has 0 saturated heterocycles. The van der Waals surface area contributed by atoms with Crippen LogP contribution in [-0.2, 0) is 0 Å². The summed E-state index contributed by atoms with van der Waals surface area (Å²) in [7, 11) is 0. The Hall–Kier alpha value is -0.530. The molecule has 1 N–H and O–H groups in total. The molecule has 0 amide bonds. The molecule has 0 heterocycles. The summed E-state index contributed by atoms with van der Waals surface area (Å²) in [5.41, 5.74) is 0.949. The molecular formula is C12H15ClO. The van der Waals surface area contributed by atoms with Gasteiger partial charge in [0.05, 0.1) is 6.10 Å². The van der Waals surface area contributed by atoms with Gasteiger partial charge in [0.1, 0.15) is 0 Å². The molecule has 1 saturated carbocycles. The van der Waals surface area contributed by atoms with Crippen molar-refractivity contribution in [1.29, 1.82) is 0 Å². The molecule has 14 heavy (non-hydrogen) atoms. The molecule has 1 atom stereocenters. The van der Waals surface area contributed by atoms with E-state index in [0.29, 0.717) is 5.02 Å². The molecule has 0 aliphatic heterocycles. The van der Waals surface area contributed by atoms with E-state index in [1.165, 1.54) is 19.3 Å². The van der Waals surface area contributed by atoms with Gasteiger partial charge in [-0.1, -0.05) is 43.0 Å². The summed E-state index contributed by atoms with van der Waals surface area (Å²) >= 11 is 5.86. The number of benzene rings is 1. The lowest BCUT2D eigenvalue weighted by molar-refractivity contribution is 0.118. The molecule has 1 aromatic carbocycles. The Labute approximate surface area is 89.7 Å². The van der Waals surface area contributed by atoms with E-state index in [4.69, 9.17) is 11.6 Å². The third-order valence-corrected chi connectivity index (χ3v) is 3.25. The molecule has 1 nitrogen and oxygen atoms in total. The van der Waals surface area contributed by atoms with Gasteiger partial charge in [0, 0.05) is 5.02 Å². The minimum absolute atomic E-state index is 0.334. The zero-order chi connectivity index (χ0) is 9.97. The van der Waals surface area contributed by atoms with Crippen molar-refractivity contribution in [2.75, 3.05) is 0 Å². The number of hydrogen-bond donors (Lipinski definition) is 1. The van der Waals surface area contributed by atoms with Crippen molar-refractivity contribution in [3.63, 3.8) is 0 Å². The zero-order valence-corrected chi connectivity index (χ0v) is 8.87. The standard InChI is InChI=1S/C12H15ClO/c13-11-6-2-5-10(8-11)12(14)7-9-3-1-4-9/h2,5-6,8-9,12,14H,1,3-4,7H2. The van der Waals surface area contributed by atoms with E-state index in [-0.39, 0.29) is 6.10 Å². The number of rotatable bonds is 3. The molecule has 2 rings (SSSR count). The minimum Gasteiger partial charge on any atom is -0.388 e. The lowest BCUT2D eigenvalue weighted by atomic mass is 9.80. The summed E-state index contributed by atoms with van der Waals surface area (Å²) in [5.74, 6) is 0.726. The van der Waals surface area contributed by atoms with E-state index in [2.05, 4.69) is 0 Å². The molecule has 0 radical (unpaired) electrons. The van der Waals surface area contributed by atoms with Crippen molar-refractivity contribution in [3.05, 3.63) is 34.9 Å². The van der Waals surface area contributed by atoms with Gasteiger partial charge in [0.25, 0.3) is 0 Å². The van der Waals surface area contributed by atoms with Gasteiger partial charge in [0.15, 0.2) is 0 Å². The second-order valence-corrected chi connectivity index (χ2v) is 4.54. The maximum atomic E-state index is 9.92.